The number of ether oxygens (including phenoxy) is 1. The first-order valence-electron chi connectivity index (χ1n) is 11.5. The number of nitrogens with one attached hydrogen (secondary N) is 1. The minimum absolute atomic E-state index is 0.0176. The summed E-state index contributed by atoms with van der Waals surface area (Å²) in [6.07, 6.45) is 1.05. The number of H-pyrrole nitrogens is 1. The molecule has 8 nitrogen and oxygen atoms in total. The van der Waals surface area contributed by atoms with Gasteiger partial charge in [0.25, 0.3) is 0 Å². The fraction of sp³-hybridized carbons (Fsp3) is 0.500. The summed E-state index contributed by atoms with van der Waals surface area (Å²) in [5, 5.41) is 9.98. The zero-order valence-electron chi connectivity index (χ0n) is 18.4. The lowest BCUT2D eigenvalue weighted by Gasteiger charge is -2.43. The third-order valence-corrected chi connectivity index (χ3v) is 10.7. The fourth-order valence-corrected chi connectivity index (χ4v) is 9.76. The number of hydrogen-bond acceptors (Lipinski definition) is 7. The van der Waals surface area contributed by atoms with Crippen LogP contribution in [0, 0.1) is 29.6 Å². The van der Waals surface area contributed by atoms with Gasteiger partial charge in [-0.05, 0) is 48.3 Å². The maximum atomic E-state index is 13.4. The van der Waals surface area contributed by atoms with Gasteiger partial charge in [0.1, 0.15) is 5.75 Å². The molecule has 2 amide bonds. The second-order valence-corrected chi connectivity index (χ2v) is 11.8. The highest BCUT2D eigenvalue weighted by atomic mass is 32.2. The molecule has 178 valence electrons. The molecule has 6 unspecified atom stereocenters. The molecule has 1 aromatic heterocycles. The number of carboxylic acids is 1. The van der Waals surface area contributed by atoms with Crippen molar-refractivity contribution in [3.05, 3.63) is 44.4 Å². The summed E-state index contributed by atoms with van der Waals surface area (Å²) >= 11 is 2.90. The molecule has 34 heavy (non-hydrogen) atoms. The summed E-state index contributed by atoms with van der Waals surface area (Å²) in [5.41, 5.74) is 1.09. The number of likely N-dealkylation sites (tertiary alicyclic amines) is 1. The van der Waals surface area contributed by atoms with Crippen molar-refractivity contribution in [3.63, 3.8) is 0 Å². The Morgan fingerprint density at radius 2 is 1.85 bits per heavy atom. The molecule has 3 heterocycles. The molecule has 2 aliphatic heterocycles. The van der Waals surface area contributed by atoms with Gasteiger partial charge in [0.05, 0.1) is 24.0 Å². The van der Waals surface area contributed by atoms with Gasteiger partial charge in [-0.3, -0.25) is 24.1 Å². The standard InChI is InChI=1S/C24H24N2O6S2/c1-32-11-6-4-10(5-7-11)15-16-12-9-13(19(16)33-21-20(15)34-24(31)25-21)18-17(12)22(29)26(23(18)30)8-2-3-14(27)28/h4-7,12-13,15-19H,2-3,8-9H2,1H3,(H,25,31)(H,27,28)/t12?,13?,15-,16?,17?,18?,19?/m1/s1. The lowest BCUT2D eigenvalue weighted by molar-refractivity contribution is -0.142. The maximum Gasteiger partial charge on any atom is 0.305 e. The van der Waals surface area contributed by atoms with Gasteiger partial charge in [-0.15, -0.1) is 11.8 Å². The van der Waals surface area contributed by atoms with Crippen molar-refractivity contribution < 1.29 is 24.2 Å². The number of aliphatic carboxylic acids is 1. The first-order valence-corrected chi connectivity index (χ1v) is 13.2. The number of nitrogens with zero attached hydrogens (tertiary/aromatic N) is 1. The van der Waals surface area contributed by atoms with E-state index in [-0.39, 0.29) is 76.8 Å². The molecule has 0 radical (unpaired) electrons. The van der Waals surface area contributed by atoms with Crippen molar-refractivity contribution in [2.24, 2.45) is 29.6 Å². The van der Waals surface area contributed by atoms with E-state index in [4.69, 9.17) is 9.84 Å². The smallest absolute Gasteiger partial charge is 0.305 e. The topological polar surface area (TPSA) is 117 Å². The van der Waals surface area contributed by atoms with Crippen molar-refractivity contribution in [3.8, 4) is 5.75 Å². The molecule has 10 heteroatoms. The lowest BCUT2D eigenvalue weighted by atomic mass is 9.68. The summed E-state index contributed by atoms with van der Waals surface area (Å²) in [6, 6.07) is 7.92. The largest absolute Gasteiger partial charge is 0.497 e. The molecule has 3 fully saturated rings. The zero-order chi connectivity index (χ0) is 23.7. The van der Waals surface area contributed by atoms with Crippen molar-refractivity contribution in [1.29, 1.82) is 0 Å². The van der Waals surface area contributed by atoms with E-state index >= 15 is 0 Å². The van der Waals surface area contributed by atoms with Crippen LogP contribution >= 0.6 is 23.1 Å². The van der Waals surface area contributed by atoms with Crippen LogP contribution in [0.3, 0.4) is 0 Å². The minimum atomic E-state index is -0.927. The first kappa shape index (κ1) is 21.9. The van der Waals surface area contributed by atoms with Crippen LogP contribution in [0.5, 0.6) is 5.75 Å². The zero-order valence-corrected chi connectivity index (χ0v) is 20.1. The number of aromatic nitrogens is 1. The van der Waals surface area contributed by atoms with E-state index in [1.165, 1.54) is 16.2 Å². The van der Waals surface area contributed by atoms with Crippen LogP contribution in [0.4, 0.5) is 0 Å². The number of aromatic amines is 1. The predicted octanol–water partition coefficient (Wildman–Crippen LogP) is 2.78. The number of benzene rings is 1. The Kier molecular flexibility index (Phi) is 5.14. The van der Waals surface area contributed by atoms with Gasteiger partial charge in [0, 0.05) is 29.0 Å². The van der Waals surface area contributed by atoms with E-state index in [0.29, 0.717) is 0 Å². The molecule has 2 bridgehead atoms. The Hall–Kier alpha value is -2.59. The van der Waals surface area contributed by atoms with Gasteiger partial charge in [-0.1, -0.05) is 23.5 Å². The van der Waals surface area contributed by atoms with Crippen LogP contribution in [0.2, 0.25) is 0 Å². The van der Waals surface area contributed by atoms with Gasteiger partial charge < -0.3 is 14.8 Å². The predicted molar refractivity (Wildman–Crippen MR) is 125 cm³/mol. The van der Waals surface area contributed by atoms with Crippen LogP contribution < -0.4 is 9.61 Å². The molecule has 6 rings (SSSR count). The molecule has 7 atom stereocenters. The van der Waals surface area contributed by atoms with Crippen molar-refractivity contribution >= 4 is 40.9 Å². The number of carbonyl (C=O) groups is 3. The van der Waals surface area contributed by atoms with Gasteiger partial charge in [0.2, 0.25) is 11.8 Å². The van der Waals surface area contributed by atoms with Crippen LogP contribution in [-0.4, -0.2) is 51.7 Å². The molecular weight excluding hydrogens is 476 g/mol. The SMILES string of the molecule is COc1ccc([C@H]2c3sc(=O)[nH]c3SC3C4CC(C5C(=O)N(CCCC(=O)O)C(=O)C45)C32)cc1. The minimum Gasteiger partial charge on any atom is -0.497 e. The molecule has 4 aliphatic rings. The molecule has 2 aliphatic carbocycles. The van der Waals surface area contributed by atoms with Crippen molar-refractivity contribution in [1.82, 2.24) is 9.88 Å². The van der Waals surface area contributed by atoms with Crippen LogP contribution in [-0.2, 0) is 14.4 Å². The summed E-state index contributed by atoms with van der Waals surface area (Å²) in [6.45, 7) is 0.168. The van der Waals surface area contributed by atoms with E-state index < -0.39 is 5.97 Å². The maximum absolute atomic E-state index is 13.4. The van der Waals surface area contributed by atoms with Crippen molar-refractivity contribution in [2.45, 2.75) is 35.5 Å². The number of fused-ring (bicyclic) bond motifs is 9. The third kappa shape index (κ3) is 3.11. The van der Waals surface area contributed by atoms with Crippen molar-refractivity contribution in [2.75, 3.05) is 13.7 Å². The summed E-state index contributed by atoms with van der Waals surface area (Å²) < 4.78 is 5.33. The monoisotopic (exact) mass is 500 g/mol. The fourth-order valence-electron chi connectivity index (χ4n) is 6.87. The Morgan fingerprint density at radius 1 is 1.15 bits per heavy atom. The number of thiazole rings is 1. The Labute approximate surface area is 203 Å². The summed E-state index contributed by atoms with van der Waals surface area (Å²) in [7, 11) is 1.62. The molecule has 2 aromatic rings. The Balaban J connectivity index is 1.36. The van der Waals surface area contributed by atoms with E-state index in [2.05, 4.69) is 4.98 Å². The quantitative estimate of drug-likeness (QED) is 0.586. The lowest BCUT2D eigenvalue weighted by Crippen LogP contribution is -2.42. The van der Waals surface area contributed by atoms with Gasteiger partial charge in [0.15, 0.2) is 0 Å². The number of amides is 2. The van der Waals surface area contributed by atoms with E-state index in [0.717, 1.165) is 27.6 Å². The van der Waals surface area contributed by atoms with Gasteiger partial charge in [-0.25, -0.2) is 0 Å². The number of carbonyl (C=O) groups excluding carboxylic acids is 2. The molecule has 2 N–H and O–H groups in total. The number of hydrogen-bond donors (Lipinski definition) is 2. The first-order chi connectivity index (χ1) is 16.4. The Bertz CT molecular complexity index is 1240. The number of rotatable bonds is 6. The summed E-state index contributed by atoms with van der Waals surface area (Å²) in [5.74, 6) is -0.861. The number of thioether (sulfide) groups is 1. The van der Waals surface area contributed by atoms with E-state index in [9.17, 15) is 19.2 Å². The van der Waals surface area contributed by atoms with Gasteiger partial charge in [-0.2, -0.15) is 0 Å². The summed E-state index contributed by atoms with van der Waals surface area (Å²) in [4.78, 5) is 55.1. The second-order valence-electron chi connectivity index (χ2n) is 9.56. The van der Waals surface area contributed by atoms with E-state index in [1.54, 1.807) is 18.9 Å². The normalized spacial score (nSPS) is 33.1. The highest BCUT2D eigenvalue weighted by molar-refractivity contribution is 8.00. The molecule has 0 spiro atoms. The number of methoxy groups -OCH3 is 1. The molecule has 1 saturated heterocycles. The highest BCUT2D eigenvalue weighted by Crippen LogP contribution is 2.68. The molecule has 1 aromatic carbocycles. The second kappa shape index (κ2) is 7.98. The number of carboxylic acid groups (broad SMARTS) is 1. The van der Waals surface area contributed by atoms with Gasteiger partial charge >= 0.3 is 10.8 Å². The Morgan fingerprint density at radius 3 is 2.53 bits per heavy atom. The number of imide groups is 1. The highest BCUT2D eigenvalue weighted by Gasteiger charge is 2.69. The van der Waals surface area contributed by atoms with Crippen LogP contribution in [0.25, 0.3) is 0 Å². The molecular formula is C24H24N2O6S2. The van der Waals surface area contributed by atoms with E-state index in [1.807, 2.05) is 24.3 Å². The average Bonchev–Trinajstić information content (AvgIpc) is 3.54. The van der Waals surface area contributed by atoms with Crippen LogP contribution in [0.15, 0.2) is 34.1 Å². The van der Waals surface area contributed by atoms with Crippen LogP contribution in [0.1, 0.15) is 35.6 Å². The third-order valence-electron chi connectivity index (χ3n) is 8.06. The molecule has 2 saturated carbocycles. The average molecular weight is 501 g/mol.